The van der Waals surface area contributed by atoms with E-state index in [9.17, 15) is 17.6 Å². The Bertz CT molecular complexity index is 1740. The van der Waals surface area contributed by atoms with Crippen molar-refractivity contribution < 1.29 is 22.3 Å². The Kier molecular flexibility index (Phi) is 21.7. The van der Waals surface area contributed by atoms with Crippen LogP contribution in [0, 0.1) is 12.7 Å². The summed E-state index contributed by atoms with van der Waals surface area (Å²) in [6.45, 7) is 26.9. The van der Waals surface area contributed by atoms with E-state index in [1.165, 1.54) is 40.6 Å². The minimum absolute atomic E-state index is 0.0871. The highest BCUT2D eigenvalue weighted by atomic mass is 19.4. The smallest absolute Gasteiger partial charge is 0.433 e. The highest BCUT2D eigenvalue weighted by Crippen LogP contribution is 2.29. The molecule has 0 unspecified atom stereocenters. The third-order valence-corrected chi connectivity index (χ3v) is 8.02. The molecule has 0 aliphatic rings. The number of hydrogen-bond acceptors (Lipinski definition) is 5. The van der Waals surface area contributed by atoms with Crippen molar-refractivity contribution in [2.75, 3.05) is 0 Å². The van der Waals surface area contributed by atoms with Crippen molar-refractivity contribution >= 4 is 0 Å². The minimum atomic E-state index is -4.34. The number of pyridine rings is 4. The Morgan fingerprint density at radius 2 is 0.927 bits per heavy atom. The predicted molar refractivity (Wildman–Crippen MR) is 219 cm³/mol. The van der Waals surface area contributed by atoms with Gasteiger partial charge in [0.15, 0.2) is 0 Å². The SMILES string of the molecule is CC(C)Oc1ccc(C(C)C)cn1.CC(C)c1ccc(F)cc1.CC(C)c1ccnc(C(F)(F)F)c1.CC(C)c1ccncc1.Cc1cc(C(C)C)ccn1. The number of ether oxygens (including phenoxy) is 1. The predicted octanol–water partition coefficient (Wildman–Crippen LogP) is 13.9. The molecule has 0 saturated heterocycles. The second-order valence-corrected chi connectivity index (χ2v) is 14.9. The van der Waals surface area contributed by atoms with E-state index in [-0.39, 0.29) is 17.8 Å². The van der Waals surface area contributed by atoms with Gasteiger partial charge in [0.05, 0.1) is 6.10 Å². The Morgan fingerprint density at radius 3 is 1.31 bits per heavy atom. The molecule has 9 heteroatoms. The maximum absolute atomic E-state index is 12.4. The topological polar surface area (TPSA) is 60.8 Å². The van der Waals surface area contributed by atoms with Gasteiger partial charge < -0.3 is 4.74 Å². The van der Waals surface area contributed by atoms with Gasteiger partial charge in [-0.1, -0.05) is 87.4 Å². The molecule has 0 atom stereocenters. The maximum Gasteiger partial charge on any atom is 0.433 e. The fraction of sp³-hybridized carbons (Fsp3) is 0.435. The van der Waals surface area contributed by atoms with Crippen LogP contribution >= 0.6 is 0 Å². The van der Waals surface area contributed by atoms with Crippen LogP contribution in [-0.2, 0) is 6.18 Å². The molecule has 0 aliphatic heterocycles. The van der Waals surface area contributed by atoms with Gasteiger partial charge in [0, 0.05) is 42.7 Å². The molecule has 5 rings (SSSR count). The zero-order valence-electron chi connectivity index (χ0n) is 35.0. The van der Waals surface area contributed by atoms with E-state index >= 15 is 0 Å². The van der Waals surface area contributed by atoms with Crippen LogP contribution < -0.4 is 4.74 Å². The minimum Gasteiger partial charge on any atom is -0.475 e. The summed E-state index contributed by atoms with van der Waals surface area (Å²) in [6.07, 6.45) is 4.44. The molecule has 0 spiro atoms. The average Bonchev–Trinajstić information content (AvgIpc) is 3.13. The summed E-state index contributed by atoms with van der Waals surface area (Å²) < 4.78 is 54.3. The number of halogens is 4. The van der Waals surface area contributed by atoms with Crippen LogP contribution in [0.15, 0.2) is 104 Å². The normalized spacial score (nSPS) is 10.9. The van der Waals surface area contributed by atoms with E-state index in [4.69, 9.17) is 4.74 Å². The van der Waals surface area contributed by atoms with Gasteiger partial charge in [-0.15, -0.1) is 0 Å². The van der Waals surface area contributed by atoms with E-state index in [0.717, 1.165) is 11.8 Å². The van der Waals surface area contributed by atoms with E-state index in [1.807, 2.05) is 89.7 Å². The standard InChI is InChI=1S/C11H17NO.C9H10F3N.C9H11F.C9H13N.C8H11N/c1-8(2)10-5-6-11(12-7-10)13-9(3)4;1-6(2)7-3-4-13-8(5-7)9(10,11)12;1-7(2)8-3-5-9(10)6-4-8;1-7(2)9-4-5-10-8(3)6-9;1-7(2)8-3-5-9-6-4-8/h5-9H,1-4H3;3-6H,1-2H3;3-7H,1-2H3;4-7H,1-3H3;3-7H,1-2H3. The van der Waals surface area contributed by atoms with Gasteiger partial charge in [-0.2, -0.15) is 13.2 Å². The van der Waals surface area contributed by atoms with Gasteiger partial charge in [0.1, 0.15) is 11.5 Å². The lowest BCUT2D eigenvalue weighted by Gasteiger charge is -2.09. The summed E-state index contributed by atoms with van der Waals surface area (Å²) in [5, 5.41) is 0. The van der Waals surface area contributed by atoms with E-state index in [2.05, 4.69) is 93.5 Å². The van der Waals surface area contributed by atoms with Crippen LogP contribution in [0.3, 0.4) is 0 Å². The van der Waals surface area contributed by atoms with E-state index in [1.54, 1.807) is 6.07 Å². The Labute approximate surface area is 328 Å². The molecule has 5 nitrogen and oxygen atoms in total. The highest BCUT2D eigenvalue weighted by molar-refractivity contribution is 5.22. The number of nitrogens with zero attached hydrogens (tertiary/aromatic N) is 4. The molecule has 4 aromatic heterocycles. The molecule has 0 amide bonds. The first kappa shape index (κ1) is 48.4. The van der Waals surface area contributed by atoms with Gasteiger partial charge in [0.25, 0.3) is 0 Å². The van der Waals surface area contributed by atoms with Crippen LogP contribution in [-0.4, -0.2) is 26.0 Å². The van der Waals surface area contributed by atoms with Crippen LogP contribution in [0.2, 0.25) is 0 Å². The second kappa shape index (κ2) is 24.7. The Hall–Kier alpha value is -4.66. The molecule has 300 valence electrons. The lowest BCUT2D eigenvalue weighted by Crippen LogP contribution is -2.08. The van der Waals surface area contributed by atoms with Gasteiger partial charge in [-0.05, 0) is 127 Å². The van der Waals surface area contributed by atoms with Crippen molar-refractivity contribution in [2.24, 2.45) is 0 Å². The number of hydrogen-bond donors (Lipinski definition) is 0. The Balaban J connectivity index is 0.000000346. The molecule has 5 aromatic rings. The van der Waals surface area contributed by atoms with Crippen molar-refractivity contribution in [1.29, 1.82) is 0 Å². The molecule has 0 N–H and O–H groups in total. The number of aromatic nitrogens is 4. The zero-order valence-corrected chi connectivity index (χ0v) is 35.0. The van der Waals surface area contributed by atoms with Crippen molar-refractivity contribution in [1.82, 2.24) is 19.9 Å². The number of benzene rings is 1. The molecule has 0 bridgehead atoms. The molecule has 0 fully saturated rings. The lowest BCUT2D eigenvalue weighted by atomic mass is 10.0. The molecule has 0 aliphatic carbocycles. The third-order valence-electron chi connectivity index (χ3n) is 8.02. The molecule has 4 heterocycles. The average molecular weight is 763 g/mol. The fourth-order valence-electron chi connectivity index (χ4n) is 4.53. The van der Waals surface area contributed by atoms with Gasteiger partial charge in [-0.3, -0.25) is 15.0 Å². The summed E-state index contributed by atoms with van der Waals surface area (Å²) in [5.41, 5.74) is 6.09. The van der Waals surface area contributed by atoms with Gasteiger partial charge in [0.2, 0.25) is 5.88 Å². The van der Waals surface area contributed by atoms with Crippen molar-refractivity contribution in [3.63, 3.8) is 0 Å². The largest absolute Gasteiger partial charge is 0.475 e. The molecule has 0 radical (unpaired) electrons. The first-order valence-electron chi connectivity index (χ1n) is 18.9. The number of rotatable bonds is 7. The van der Waals surface area contributed by atoms with Gasteiger partial charge >= 0.3 is 6.18 Å². The summed E-state index contributed by atoms with van der Waals surface area (Å²) in [6, 6.07) is 21.6. The summed E-state index contributed by atoms with van der Waals surface area (Å²) in [5.74, 6) is 2.88. The summed E-state index contributed by atoms with van der Waals surface area (Å²) in [4.78, 5) is 15.5. The molecule has 0 saturated carbocycles. The highest BCUT2D eigenvalue weighted by Gasteiger charge is 2.32. The maximum atomic E-state index is 12.4. The quantitative estimate of drug-likeness (QED) is 0.155. The van der Waals surface area contributed by atoms with Crippen LogP contribution in [0.5, 0.6) is 5.88 Å². The van der Waals surface area contributed by atoms with Crippen molar-refractivity contribution in [2.45, 2.75) is 132 Å². The van der Waals surface area contributed by atoms with Crippen molar-refractivity contribution in [3.8, 4) is 5.88 Å². The second-order valence-electron chi connectivity index (χ2n) is 14.9. The molecular formula is C46H62F4N4O. The molecule has 1 aromatic carbocycles. The van der Waals surface area contributed by atoms with E-state index < -0.39 is 11.9 Å². The number of aryl methyl sites for hydroxylation is 1. The third kappa shape index (κ3) is 20.6. The summed E-state index contributed by atoms with van der Waals surface area (Å²) >= 11 is 0. The fourth-order valence-corrected chi connectivity index (χ4v) is 4.53. The number of alkyl halides is 3. The van der Waals surface area contributed by atoms with Crippen molar-refractivity contribution in [3.05, 3.63) is 149 Å². The zero-order chi connectivity index (χ0) is 41.7. The van der Waals surface area contributed by atoms with Gasteiger partial charge in [-0.25, -0.2) is 9.37 Å². The van der Waals surface area contributed by atoms with Crippen LogP contribution in [0.4, 0.5) is 17.6 Å². The van der Waals surface area contributed by atoms with E-state index in [0.29, 0.717) is 35.1 Å². The van der Waals surface area contributed by atoms with Crippen LogP contribution in [0.25, 0.3) is 0 Å². The first-order valence-corrected chi connectivity index (χ1v) is 18.9. The lowest BCUT2D eigenvalue weighted by molar-refractivity contribution is -0.141. The molecular weight excluding hydrogens is 701 g/mol. The first-order chi connectivity index (χ1) is 25.7. The monoisotopic (exact) mass is 762 g/mol. The Morgan fingerprint density at radius 1 is 0.491 bits per heavy atom. The molecule has 55 heavy (non-hydrogen) atoms. The summed E-state index contributed by atoms with van der Waals surface area (Å²) in [7, 11) is 0. The van der Waals surface area contributed by atoms with Crippen LogP contribution in [0.1, 0.15) is 152 Å².